The van der Waals surface area contributed by atoms with Crippen LogP contribution in [-0.2, 0) is 11.3 Å². The summed E-state index contributed by atoms with van der Waals surface area (Å²) in [4.78, 5) is 11.9. The number of carbonyl (C=O) groups is 1. The van der Waals surface area contributed by atoms with Crippen LogP contribution in [0.15, 0.2) is 52.9 Å². The number of amides is 1. The van der Waals surface area contributed by atoms with Gasteiger partial charge in [0.15, 0.2) is 18.1 Å². The van der Waals surface area contributed by atoms with Crippen LogP contribution in [0.2, 0.25) is 5.02 Å². The number of ether oxygens (including phenoxy) is 2. The Balaban J connectivity index is 1.51. The normalized spacial score (nSPS) is 10.4. The van der Waals surface area contributed by atoms with Crippen LogP contribution >= 0.6 is 11.6 Å². The van der Waals surface area contributed by atoms with Crippen molar-refractivity contribution in [3.63, 3.8) is 0 Å². The van der Waals surface area contributed by atoms with Gasteiger partial charge in [0.05, 0.1) is 13.7 Å². The predicted molar refractivity (Wildman–Crippen MR) is 95.1 cm³/mol. The molecule has 0 aliphatic rings. The first-order valence-corrected chi connectivity index (χ1v) is 8.14. The highest BCUT2D eigenvalue weighted by atomic mass is 35.5. The van der Waals surface area contributed by atoms with Crippen molar-refractivity contribution in [2.75, 3.05) is 13.7 Å². The highest BCUT2D eigenvalue weighted by Gasteiger charge is 2.11. The maximum absolute atomic E-state index is 11.9. The third kappa shape index (κ3) is 4.52. The number of carbonyl (C=O) groups excluding carboxylic acids is 1. The molecule has 0 aliphatic carbocycles. The van der Waals surface area contributed by atoms with E-state index in [1.807, 2.05) is 6.07 Å². The van der Waals surface area contributed by atoms with Gasteiger partial charge in [0.25, 0.3) is 5.91 Å². The van der Waals surface area contributed by atoms with Gasteiger partial charge in [-0.05, 0) is 36.4 Å². The number of hydrogen-bond donors (Lipinski definition) is 1. The molecule has 1 heterocycles. The van der Waals surface area contributed by atoms with E-state index in [0.717, 1.165) is 5.56 Å². The molecular weight excluding hydrogens is 358 g/mol. The summed E-state index contributed by atoms with van der Waals surface area (Å²) in [6.45, 7) is -0.0484. The molecule has 7 nitrogen and oxygen atoms in total. The molecule has 0 spiro atoms. The van der Waals surface area contributed by atoms with Crippen molar-refractivity contribution in [2.24, 2.45) is 0 Å². The van der Waals surface area contributed by atoms with Crippen molar-refractivity contribution in [2.45, 2.75) is 6.54 Å². The van der Waals surface area contributed by atoms with Gasteiger partial charge in [0.1, 0.15) is 0 Å². The number of hydrogen-bond acceptors (Lipinski definition) is 6. The topological polar surface area (TPSA) is 86.5 Å². The number of rotatable bonds is 7. The van der Waals surface area contributed by atoms with Crippen LogP contribution in [0.3, 0.4) is 0 Å². The summed E-state index contributed by atoms with van der Waals surface area (Å²) in [6.07, 6.45) is 0. The van der Waals surface area contributed by atoms with E-state index in [2.05, 4.69) is 15.5 Å². The van der Waals surface area contributed by atoms with E-state index in [9.17, 15) is 4.79 Å². The van der Waals surface area contributed by atoms with Crippen LogP contribution in [0.1, 0.15) is 5.89 Å². The van der Waals surface area contributed by atoms with Crippen molar-refractivity contribution < 1.29 is 18.7 Å². The standard InChI is InChI=1S/C18H16ClN3O4/c1-24-14-4-2-3-5-15(14)25-11-16(23)20-10-17-21-22-18(26-17)12-6-8-13(19)9-7-12/h2-9H,10-11H2,1H3,(H,20,23). The molecule has 0 unspecified atom stereocenters. The number of nitrogens with one attached hydrogen (secondary N) is 1. The monoisotopic (exact) mass is 373 g/mol. The molecule has 134 valence electrons. The largest absolute Gasteiger partial charge is 0.493 e. The molecule has 0 fully saturated rings. The fraction of sp³-hybridized carbons (Fsp3) is 0.167. The Labute approximate surface area is 154 Å². The first-order chi connectivity index (χ1) is 12.7. The lowest BCUT2D eigenvalue weighted by molar-refractivity contribution is -0.123. The van der Waals surface area contributed by atoms with E-state index in [0.29, 0.717) is 28.3 Å². The van der Waals surface area contributed by atoms with E-state index in [1.54, 1.807) is 42.5 Å². The van der Waals surface area contributed by atoms with Crippen LogP contribution in [0.4, 0.5) is 0 Å². The van der Waals surface area contributed by atoms with Crippen LogP contribution in [0.5, 0.6) is 11.5 Å². The Hall–Kier alpha value is -3.06. The molecule has 0 radical (unpaired) electrons. The van der Waals surface area contributed by atoms with Gasteiger partial charge in [0, 0.05) is 10.6 Å². The summed E-state index contributed by atoms with van der Waals surface area (Å²) in [6, 6.07) is 14.1. The summed E-state index contributed by atoms with van der Waals surface area (Å²) >= 11 is 5.85. The van der Waals surface area contributed by atoms with E-state index in [1.165, 1.54) is 7.11 Å². The highest BCUT2D eigenvalue weighted by molar-refractivity contribution is 6.30. The number of benzene rings is 2. The Morgan fingerprint density at radius 2 is 1.85 bits per heavy atom. The van der Waals surface area contributed by atoms with E-state index >= 15 is 0 Å². The Bertz CT molecular complexity index is 880. The third-order valence-electron chi connectivity index (χ3n) is 3.42. The molecule has 1 amide bonds. The molecule has 0 bridgehead atoms. The zero-order valence-electron chi connectivity index (χ0n) is 13.9. The minimum Gasteiger partial charge on any atom is -0.493 e. The molecule has 1 N–H and O–H groups in total. The molecular formula is C18H16ClN3O4. The first-order valence-electron chi connectivity index (χ1n) is 7.76. The molecule has 8 heteroatoms. The molecule has 0 saturated carbocycles. The van der Waals surface area contributed by atoms with E-state index < -0.39 is 0 Å². The van der Waals surface area contributed by atoms with Gasteiger partial charge in [-0.3, -0.25) is 4.79 Å². The van der Waals surface area contributed by atoms with Crippen molar-refractivity contribution >= 4 is 17.5 Å². The Kier molecular flexibility index (Phi) is 5.70. The molecule has 0 saturated heterocycles. The average Bonchev–Trinajstić information content (AvgIpc) is 3.14. The highest BCUT2D eigenvalue weighted by Crippen LogP contribution is 2.25. The van der Waals surface area contributed by atoms with Crippen molar-refractivity contribution in [1.29, 1.82) is 0 Å². The van der Waals surface area contributed by atoms with Crippen molar-refractivity contribution in [1.82, 2.24) is 15.5 Å². The number of aromatic nitrogens is 2. The van der Waals surface area contributed by atoms with Crippen LogP contribution < -0.4 is 14.8 Å². The van der Waals surface area contributed by atoms with Crippen molar-refractivity contribution in [3.8, 4) is 23.0 Å². The molecule has 0 atom stereocenters. The zero-order valence-corrected chi connectivity index (χ0v) is 14.7. The summed E-state index contributed by atoms with van der Waals surface area (Å²) in [5, 5.41) is 11.1. The fourth-order valence-corrected chi connectivity index (χ4v) is 2.27. The lowest BCUT2D eigenvalue weighted by Crippen LogP contribution is -2.28. The lowest BCUT2D eigenvalue weighted by Gasteiger charge is -2.09. The van der Waals surface area contributed by atoms with Gasteiger partial charge in [-0.2, -0.15) is 0 Å². The first kappa shape index (κ1) is 17.8. The number of methoxy groups -OCH3 is 1. The number of nitrogens with zero attached hydrogens (tertiary/aromatic N) is 2. The minimum absolute atomic E-state index is 0.106. The van der Waals surface area contributed by atoms with Gasteiger partial charge < -0.3 is 19.2 Å². The SMILES string of the molecule is COc1ccccc1OCC(=O)NCc1nnc(-c2ccc(Cl)cc2)o1. The number of halogens is 1. The van der Waals surface area contributed by atoms with Gasteiger partial charge in [-0.1, -0.05) is 23.7 Å². The molecule has 3 rings (SSSR count). The number of para-hydroxylation sites is 2. The Morgan fingerprint density at radius 1 is 1.12 bits per heavy atom. The van der Waals surface area contributed by atoms with Gasteiger partial charge in [-0.15, -0.1) is 10.2 Å². The van der Waals surface area contributed by atoms with E-state index in [-0.39, 0.29) is 19.1 Å². The molecule has 26 heavy (non-hydrogen) atoms. The summed E-state index contributed by atoms with van der Waals surface area (Å²) < 4.78 is 16.1. The van der Waals surface area contributed by atoms with Gasteiger partial charge in [-0.25, -0.2) is 0 Å². The minimum atomic E-state index is -0.317. The third-order valence-corrected chi connectivity index (χ3v) is 3.67. The summed E-state index contributed by atoms with van der Waals surface area (Å²) in [5.74, 6) is 1.39. The van der Waals surface area contributed by atoms with E-state index in [4.69, 9.17) is 25.5 Å². The molecule has 1 aromatic heterocycles. The van der Waals surface area contributed by atoms with Crippen LogP contribution in [0, 0.1) is 0 Å². The smallest absolute Gasteiger partial charge is 0.258 e. The van der Waals surface area contributed by atoms with Gasteiger partial charge >= 0.3 is 0 Å². The predicted octanol–water partition coefficient (Wildman–Crippen LogP) is 3.09. The van der Waals surface area contributed by atoms with Crippen molar-refractivity contribution in [3.05, 3.63) is 59.4 Å². The second-order valence-electron chi connectivity index (χ2n) is 5.22. The van der Waals surface area contributed by atoms with Gasteiger partial charge in [0.2, 0.25) is 11.8 Å². The molecule has 3 aromatic rings. The van der Waals surface area contributed by atoms with Crippen LogP contribution in [-0.4, -0.2) is 29.8 Å². The summed E-state index contributed by atoms with van der Waals surface area (Å²) in [5.41, 5.74) is 0.749. The Morgan fingerprint density at radius 3 is 2.58 bits per heavy atom. The second kappa shape index (κ2) is 8.35. The maximum Gasteiger partial charge on any atom is 0.258 e. The average molecular weight is 374 g/mol. The fourth-order valence-electron chi connectivity index (χ4n) is 2.14. The summed E-state index contributed by atoms with van der Waals surface area (Å²) in [7, 11) is 1.54. The van der Waals surface area contributed by atoms with Crippen LogP contribution in [0.25, 0.3) is 11.5 Å². The second-order valence-corrected chi connectivity index (χ2v) is 5.66. The molecule has 2 aromatic carbocycles. The lowest BCUT2D eigenvalue weighted by atomic mass is 10.2. The quantitative estimate of drug-likeness (QED) is 0.684. The molecule has 0 aliphatic heterocycles. The maximum atomic E-state index is 11.9. The zero-order chi connectivity index (χ0) is 18.4.